The second-order valence-electron chi connectivity index (χ2n) is 24.1. The number of carbonyl (C=O) groups is 3. The van der Waals surface area contributed by atoms with Gasteiger partial charge in [0.15, 0.2) is 6.10 Å². The fourth-order valence-corrected chi connectivity index (χ4v) is 10.7. The Balaban J connectivity index is 4.11. The van der Waals surface area contributed by atoms with Crippen molar-refractivity contribution in [3.63, 3.8) is 0 Å². The molecule has 0 saturated heterocycles. The van der Waals surface area contributed by atoms with Gasteiger partial charge >= 0.3 is 17.9 Å². The Hall–Kier alpha value is -2.63. The molecule has 0 aliphatic rings. The standard InChI is InChI=1S/C74H136O6/c1-4-7-10-13-16-19-22-25-28-29-30-31-32-33-34-35-36-37-38-39-40-41-42-43-44-45-47-49-52-55-58-61-64-67-73(76)79-70-71(69-78-72(75)66-63-60-57-54-51-48-27-24-21-18-15-12-9-6-3)80-74(77)68-65-62-59-56-53-50-46-26-23-20-17-14-11-8-5-2/h17,20,22,25-26,29-30,46,71H,4-16,18-19,21,23-24,27-28,31-45,47-70H2,1-3H3/b20-17-,25-22-,30-29-,46-26-. The fraction of sp³-hybridized carbons (Fsp3) is 0.851. The zero-order valence-electron chi connectivity index (χ0n) is 53.9. The number of unbranched alkanes of at least 4 members (excludes halogenated alkanes) is 47. The van der Waals surface area contributed by atoms with E-state index in [0.29, 0.717) is 19.3 Å². The molecule has 1 atom stereocenters. The molecule has 1 unspecified atom stereocenters. The smallest absolute Gasteiger partial charge is 0.306 e. The van der Waals surface area contributed by atoms with E-state index in [4.69, 9.17) is 14.2 Å². The van der Waals surface area contributed by atoms with Crippen molar-refractivity contribution in [1.82, 2.24) is 0 Å². The highest BCUT2D eigenvalue weighted by Crippen LogP contribution is 2.18. The monoisotopic (exact) mass is 1120 g/mol. The minimum Gasteiger partial charge on any atom is -0.462 e. The summed E-state index contributed by atoms with van der Waals surface area (Å²) in [5, 5.41) is 0. The van der Waals surface area contributed by atoms with Crippen molar-refractivity contribution in [2.75, 3.05) is 13.2 Å². The summed E-state index contributed by atoms with van der Waals surface area (Å²) in [6, 6.07) is 0. The predicted octanol–water partition coefficient (Wildman–Crippen LogP) is 24.5. The predicted molar refractivity (Wildman–Crippen MR) is 349 cm³/mol. The molecule has 0 aliphatic carbocycles. The van der Waals surface area contributed by atoms with Gasteiger partial charge in [0.2, 0.25) is 0 Å². The van der Waals surface area contributed by atoms with Crippen LogP contribution in [0.5, 0.6) is 0 Å². The molecular formula is C74H136O6. The Morgan fingerprint density at radius 2 is 0.450 bits per heavy atom. The molecule has 468 valence electrons. The first kappa shape index (κ1) is 77.4. The van der Waals surface area contributed by atoms with Crippen molar-refractivity contribution in [2.45, 2.75) is 393 Å². The lowest BCUT2D eigenvalue weighted by molar-refractivity contribution is -0.167. The zero-order chi connectivity index (χ0) is 57.8. The molecule has 0 spiro atoms. The highest BCUT2D eigenvalue weighted by Gasteiger charge is 2.19. The van der Waals surface area contributed by atoms with Gasteiger partial charge in [-0.1, -0.05) is 333 Å². The van der Waals surface area contributed by atoms with Crippen molar-refractivity contribution < 1.29 is 28.6 Å². The number of allylic oxidation sites excluding steroid dienone is 8. The third-order valence-corrected chi connectivity index (χ3v) is 16.1. The Kier molecular flexibility index (Phi) is 66.6. The van der Waals surface area contributed by atoms with E-state index in [2.05, 4.69) is 69.4 Å². The van der Waals surface area contributed by atoms with Crippen LogP contribution in [0.2, 0.25) is 0 Å². The molecule has 0 fully saturated rings. The summed E-state index contributed by atoms with van der Waals surface area (Å²) in [7, 11) is 0. The van der Waals surface area contributed by atoms with Gasteiger partial charge in [0.05, 0.1) is 0 Å². The average molecular weight is 1120 g/mol. The number of ether oxygens (including phenoxy) is 3. The molecule has 0 aromatic carbocycles. The van der Waals surface area contributed by atoms with Crippen molar-refractivity contribution in [3.05, 3.63) is 48.6 Å². The molecule has 0 heterocycles. The van der Waals surface area contributed by atoms with Crippen molar-refractivity contribution >= 4 is 17.9 Å². The number of hydrogen-bond donors (Lipinski definition) is 0. The first-order valence-corrected chi connectivity index (χ1v) is 35.6. The van der Waals surface area contributed by atoms with E-state index in [1.807, 2.05) is 0 Å². The van der Waals surface area contributed by atoms with E-state index < -0.39 is 6.10 Å². The lowest BCUT2D eigenvalue weighted by Crippen LogP contribution is -2.30. The third-order valence-electron chi connectivity index (χ3n) is 16.1. The molecule has 0 rings (SSSR count). The molecule has 0 radical (unpaired) electrons. The van der Waals surface area contributed by atoms with Gasteiger partial charge in [-0.2, -0.15) is 0 Å². The van der Waals surface area contributed by atoms with Gasteiger partial charge in [-0.15, -0.1) is 0 Å². The van der Waals surface area contributed by atoms with Crippen LogP contribution in [0.4, 0.5) is 0 Å². The summed E-state index contributed by atoms with van der Waals surface area (Å²) in [4.78, 5) is 38.3. The van der Waals surface area contributed by atoms with E-state index >= 15 is 0 Å². The van der Waals surface area contributed by atoms with Crippen molar-refractivity contribution in [1.29, 1.82) is 0 Å². The van der Waals surface area contributed by atoms with Gasteiger partial charge in [0.25, 0.3) is 0 Å². The maximum absolute atomic E-state index is 12.9. The summed E-state index contributed by atoms with van der Waals surface area (Å²) in [6.45, 7) is 6.65. The zero-order valence-corrected chi connectivity index (χ0v) is 53.9. The normalized spacial score (nSPS) is 12.3. The van der Waals surface area contributed by atoms with Crippen LogP contribution in [0.25, 0.3) is 0 Å². The first-order chi connectivity index (χ1) is 39.5. The van der Waals surface area contributed by atoms with Gasteiger partial charge in [-0.3, -0.25) is 14.4 Å². The van der Waals surface area contributed by atoms with Crippen LogP contribution < -0.4 is 0 Å². The van der Waals surface area contributed by atoms with Gasteiger partial charge in [0.1, 0.15) is 13.2 Å². The Morgan fingerprint density at radius 1 is 0.250 bits per heavy atom. The van der Waals surface area contributed by atoms with Gasteiger partial charge in [0, 0.05) is 19.3 Å². The van der Waals surface area contributed by atoms with Gasteiger partial charge in [-0.25, -0.2) is 0 Å². The van der Waals surface area contributed by atoms with E-state index in [-0.39, 0.29) is 31.1 Å². The molecule has 0 aromatic heterocycles. The molecular weight excluding hydrogens is 985 g/mol. The van der Waals surface area contributed by atoms with E-state index in [9.17, 15) is 14.4 Å². The fourth-order valence-electron chi connectivity index (χ4n) is 10.7. The second kappa shape index (κ2) is 68.9. The maximum atomic E-state index is 12.9. The second-order valence-corrected chi connectivity index (χ2v) is 24.1. The van der Waals surface area contributed by atoms with Crippen molar-refractivity contribution in [2.24, 2.45) is 0 Å². The molecule has 6 heteroatoms. The Labute approximate surface area is 498 Å². The molecule has 0 N–H and O–H groups in total. The van der Waals surface area contributed by atoms with E-state index in [1.54, 1.807) is 0 Å². The lowest BCUT2D eigenvalue weighted by atomic mass is 10.0. The highest BCUT2D eigenvalue weighted by molar-refractivity contribution is 5.71. The van der Waals surface area contributed by atoms with Crippen LogP contribution in [0.15, 0.2) is 48.6 Å². The molecule has 0 bridgehead atoms. The topological polar surface area (TPSA) is 78.9 Å². The molecule has 6 nitrogen and oxygen atoms in total. The van der Waals surface area contributed by atoms with E-state index in [0.717, 1.165) is 89.9 Å². The quantitative estimate of drug-likeness (QED) is 0.0261. The Morgan fingerprint density at radius 3 is 0.713 bits per heavy atom. The number of rotatable bonds is 66. The SMILES string of the molecule is CCCCC/C=C\C/C=C\CCCCCCCC(=O)OC(COC(=O)CCCCCCCCCCCCCCCC)COC(=O)CCCCCCCCCCCCCCCCCCCCCCC/C=C\C/C=C\CCCCCCC. The largest absolute Gasteiger partial charge is 0.462 e. The Bertz CT molecular complexity index is 1380. The van der Waals surface area contributed by atoms with Crippen LogP contribution >= 0.6 is 0 Å². The summed E-state index contributed by atoms with van der Waals surface area (Å²) < 4.78 is 17.0. The highest BCUT2D eigenvalue weighted by atomic mass is 16.6. The molecule has 0 aromatic rings. The number of hydrogen-bond acceptors (Lipinski definition) is 6. The molecule has 80 heavy (non-hydrogen) atoms. The summed E-state index contributed by atoms with van der Waals surface area (Å²) in [5.74, 6) is -0.861. The summed E-state index contributed by atoms with van der Waals surface area (Å²) in [5.41, 5.74) is 0. The average Bonchev–Trinajstić information content (AvgIpc) is 3.46. The summed E-state index contributed by atoms with van der Waals surface area (Å²) >= 11 is 0. The lowest BCUT2D eigenvalue weighted by Gasteiger charge is -2.18. The molecule has 0 saturated carbocycles. The summed E-state index contributed by atoms with van der Waals surface area (Å²) in [6.07, 6.45) is 87.2. The molecule has 0 aliphatic heterocycles. The van der Waals surface area contributed by atoms with Crippen LogP contribution in [-0.2, 0) is 28.6 Å². The van der Waals surface area contributed by atoms with Gasteiger partial charge in [-0.05, 0) is 83.5 Å². The third kappa shape index (κ3) is 66.2. The minimum atomic E-state index is -0.777. The van der Waals surface area contributed by atoms with Gasteiger partial charge < -0.3 is 14.2 Å². The van der Waals surface area contributed by atoms with Crippen molar-refractivity contribution in [3.8, 4) is 0 Å². The van der Waals surface area contributed by atoms with Crippen LogP contribution in [0, 0.1) is 0 Å². The van der Waals surface area contributed by atoms with E-state index in [1.165, 1.54) is 257 Å². The number of carbonyl (C=O) groups excluding carboxylic acids is 3. The maximum Gasteiger partial charge on any atom is 0.306 e. The van der Waals surface area contributed by atoms with Crippen LogP contribution in [0.3, 0.4) is 0 Å². The van der Waals surface area contributed by atoms with Crippen LogP contribution in [0.1, 0.15) is 387 Å². The first-order valence-electron chi connectivity index (χ1n) is 35.6. The molecule has 0 amide bonds. The minimum absolute atomic E-state index is 0.0732. The number of esters is 3. The van der Waals surface area contributed by atoms with Crippen LogP contribution in [-0.4, -0.2) is 37.2 Å².